The minimum atomic E-state index is -4.45. The molecule has 0 atom stereocenters. The normalized spacial score (nSPS) is 11.6. The van der Waals surface area contributed by atoms with Gasteiger partial charge in [-0.1, -0.05) is 17.8 Å². The molecule has 4 rings (SSSR count). The lowest BCUT2D eigenvalue weighted by Gasteiger charge is -2.13. The fraction of sp³-hybridized carbons (Fsp3) is 0.190. The number of hydrogen-bond donors (Lipinski definition) is 0. The number of imidazole rings is 1. The molecule has 0 unspecified atom stereocenters. The van der Waals surface area contributed by atoms with Gasteiger partial charge in [-0.05, 0) is 42.5 Å². The lowest BCUT2D eigenvalue weighted by molar-refractivity contribution is -0.137. The summed E-state index contributed by atoms with van der Waals surface area (Å²) in [5.74, 6) is 2.40. The minimum Gasteiger partial charge on any atom is -0.497 e. The molecule has 0 aliphatic heterocycles. The molecule has 0 N–H and O–H groups in total. The Bertz CT molecular complexity index is 1180. The fourth-order valence-electron chi connectivity index (χ4n) is 3.01. The number of nitrogens with zero attached hydrogens (tertiary/aromatic N) is 5. The van der Waals surface area contributed by atoms with E-state index < -0.39 is 11.7 Å². The van der Waals surface area contributed by atoms with Gasteiger partial charge in [0.05, 0.1) is 24.1 Å². The van der Waals surface area contributed by atoms with Crippen molar-refractivity contribution in [2.45, 2.75) is 17.1 Å². The van der Waals surface area contributed by atoms with E-state index in [-0.39, 0.29) is 0 Å². The zero-order valence-electron chi connectivity index (χ0n) is 16.7. The van der Waals surface area contributed by atoms with E-state index in [0.717, 1.165) is 18.0 Å². The van der Waals surface area contributed by atoms with Crippen LogP contribution in [0.15, 0.2) is 66.1 Å². The van der Waals surface area contributed by atoms with Crippen molar-refractivity contribution in [3.63, 3.8) is 0 Å². The van der Waals surface area contributed by atoms with Crippen LogP contribution in [-0.4, -0.2) is 31.4 Å². The molecule has 10 heteroatoms. The monoisotopic (exact) mass is 445 g/mol. The standard InChI is InChI=1S/C21H18F3N5OS/c1-28-11-10-25-18(28)13-31-20-27-26-19(14-6-8-17(30-2)9-7-14)29(20)16-5-3-4-15(12-16)21(22,23)24/h3-12H,13H2,1-2H3. The largest absolute Gasteiger partial charge is 0.497 e. The quantitative estimate of drug-likeness (QED) is 0.392. The van der Waals surface area contributed by atoms with Crippen LogP contribution in [0, 0.1) is 0 Å². The van der Waals surface area contributed by atoms with Crippen molar-refractivity contribution in [1.29, 1.82) is 0 Å². The molecular weight excluding hydrogens is 427 g/mol. The van der Waals surface area contributed by atoms with Crippen LogP contribution in [0.25, 0.3) is 17.1 Å². The van der Waals surface area contributed by atoms with E-state index in [0.29, 0.717) is 33.7 Å². The summed E-state index contributed by atoms with van der Waals surface area (Å²) in [4.78, 5) is 4.29. The molecule has 0 amide bonds. The molecule has 2 heterocycles. The Hall–Kier alpha value is -3.27. The lowest BCUT2D eigenvalue weighted by atomic mass is 10.1. The first-order valence-corrected chi connectivity index (χ1v) is 10.2. The van der Waals surface area contributed by atoms with E-state index in [9.17, 15) is 13.2 Å². The Labute approximate surface area is 180 Å². The number of aryl methyl sites for hydroxylation is 1. The van der Waals surface area contributed by atoms with Crippen molar-refractivity contribution in [3.8, 4) is 22.8 Å². The van der Waals surface area contributed by atoms with Crippen molar-refractivity contribution in [3.05, 3.63) is 72.3 Å². The van der Waals surface area contributed by atoms with Gasteiger partial charge in [-0.3, -0.25) is 4.57 Å². The summed E-state index contributed by atoms with van der Waals surface area (Å²) >= 11 is 1.35. The summed E-state index contributed by atoms with van der Waals surface area (Å²) in [5, 5.41) is 9.00. The number of halogens is 3. The molecular formula is C21H18F3N5OS. The topological polar surface area (TPSA) is 57.8 Å². The predicted molar refractivity (Wildman–Crippen MR) is 111 cm³/mol. The zero-order valence-corrected chi connectivity index (χ0v) is 17.5. The van der Waals surface area contributed by atoms with Crippen LogP contribution >= 0.6 is 11.8 Å². The van der Waals surface area contributed by atoms with Crippen molar-refractivity contribution >= 4 is 11.8 Å². The molecule has 0 aliphatic rings. The molecule has 2 aromatic carbocycles. The molecule has 0 bridgehead atoms. The summed E-state index contributed by atoms with van der Waals surface area (Å²) < 4.78 is 48.7. The zero-order chi connectivity index (χ0) is 22.0. The van der Waals surface area contributed by atoms with E-state index in [1.165, 1.54) is 17.8 Å². The Morgan fingerprint density at radius 1 is 1.06 bits per heavy atom. The summed E-state index contributed by atoms with van der Waals surface area (Å²) in [6.45, 7) is 0. The first kappa shape index (κ1) is 21.0. The minimum absolute atomic E-state index is 0.327. The highest BCUT2D eigenvalue weighted by Gasteiger charge is 2.31. The van der Waals surface area contributed by atoms with E-state index in [1.807, 2.05) is 17.8 Å². The summed E-state index contributed by atoms with van der Waals surface area (Å²) in [6, 6.07) is 12.2. The van der Waals surface area contributed by atoms with Gasteiger partial charge in [0, 0.05) is 25.0 Å². The van der Waals surface area contributed by atoms with Gasteiger partial charge in [-0.15, -0.1) is 10.2 Å². The van der Waals surface area contributed by atoms with Crippen molar-refractivity contribution in [2.75, 3.05) is 7.11 Å². The van der Waals surface area contributed by atoms with Crippen LogP contribution in [-0.2, 0) is 19.0 Å². The lowest BCUT2D eigenvalue weighted by Crippen LogP contribution is -2.07. The molecule has 160 valence electrons. The number of aromatic nitrogens is 5. The van der Waals surface area contributed by atoms with Crippen LogP contribution in [0.1, 0.15) is 11.4 Å². The first-order valence-electron chi connectivity index (χ1n) is 9.23. The van der Waals surface area contributed by atoms with Gasteiger partial charge in [-0.25, -0.2) is 4.98 Å². The van der Waals surface area contributed by atoms with Crippen LogP contribution in [0.2, 0.25) is 0 Å². The molecule has 0 fully saturated rings. The van der Waals surface area contributed by atoms with Gasteiger partial charge in [0.1, 0.15) is 11.6 Å². The predicted octanol–water partition coefficient (Wildman–Crippen LogP) is 4.99. The van der Waals surface area contributed by atoms with Crippen LogP contribution in [0.5, 0.6) is 5.75 Å². The molecule has 0 radical (unpaired) electrons. The van der Waals surface area contributed by atoms with Gasteiger partial charge in [0.15, 0.2) is 11.0 Å². The van der Waals surface area contributed by atoms with Crippen molar-refractivity contribution in [2.24, 2.45) is 7.05 Å². The Balaban J connectivity index is 1.79. The average molecular weight is 445 g/mol. The third kappa shape index (κ3) is 4.43. The maximum absolute atomic E-state index is 13.3. The number of ether oxygens (including phenoxy) is 1. The first-order chi connectivity index (χ1) is 14.9. The maximum atomic E-state index is 13.3. The SMILES string of the molecule is COc1ccc(-c2nnc(SCc3nccn3C)n2-c2cccc(C(F)(F)F)c2)cc1. The van der Waals surface area contributed by atoms with Gasteiger partial charge >= 0.3 is 6.18 Å². The van der Waals surface area contributed by atoms with Gasteiger partial charge in [0.25, 0.3) is 0 Å². The van der Waals surface area contributed by atoms with Crippen molar-refractivity contribution < 1.29 is 17.9 Å². The van der Waals surface area contributed by atoms with Crippen LogP contribution in [0.4, 0.5) is 13.2 Å². The summed E-state index contributed by atoms with van der Waals surface area (Å²) in [6.07, 6.45) is -0.934. The van der Waals surface area contributed by atoms with E-state index in [1.54, 1.807) is 48.2 Å². The third-order valence-corrected chi connectivity index (χ3v) is 5.59. The number of alkyl halides is 3. The summed E-state index contributed by atoms with van der Waals surface area (Å²) in [5.41, 5.74) is 0.293. The Morgan fingerprint density at radius 3 is 2.48 bits per heavy atom. The maximum Gasteiger partial charge on any atom is 0.416 e. The number of hydrogen-bond acceptors (Lipinski definition) is 5. The highest BCUT2D eigenvalue weighted by atomic mass is 32.2. The van der Waals surface area contributed by atoms with Crippen molar-refractivity contribution in [1.82, 2.24) is 24.3 Å². The van der Waals surface area contributed by atoms with E-state index >= 15 is 0 Å². The molecule has 6 nitrogen and oxygen atoms in total. The second kappa shape index (κ2) is 8.46. The molecule has 0 aliphatic carbocycles. The second-order valence-electron chi connectivity index (χ2n) is 6.66. The second-order valence-corrected chi connectivity index (χ2v) is 7.60. The average Bonchev–Trinajstić information content (AvgIpc) is 3.37. The molecule has 4 aromatic rings. The number of benzene rings is 2. The van der Waals surface area contributed by atoms with Gasteiger partial charge in [0.2, 0.25) is 0 Å². The molecule has 0 saturated heterocycles. The fourth-order valence-corrected chi connectivity index (χ4v) is 3.97. The van der Waals surface area contributed by atoms with Gasteiger partial charge in [-0.2, -0.15) is 13.2 Å². The highest BCUT2D eigenvalue weighted by molar-refractivity contribution is 7.98. The Morgan fingerprint density at radius 2 is 1.84 bits per heavy atom. The van der Waals surface area contributed by atoms with Gasteiger partial charge < -0.3 is 9.30 Å². The number of methoxy groups -OCH3 is 1. The van der Waals surface area contributed by atoms with E-state index in [2.05, 4.69) is 15.2 Å². The smallest absolute Gasteiger partial charge is 0.416 e. The number of rotatable bonds is 6. The third-order valence-electron chi connectivity index (χ3n) is 4.66. The number of thioether (sulfide) groups is 1. The van der Waals surface area contributed by atoms with Crippen LogP contribution in [0.3, 0.4) is 0 Å². The van der Waals surface area contributed by atoms with Crippen LogP contribution < -0.4 is 4.74 Å². The molecule has 0 spiro atoms. The van der Waals surface area contributed by atoms with E-state index in [4.69, 9.17) is 4.74 Å². The Kier molecular flexibility index (Phi) is 5.73. The molecule has 2 aromatic heterocycles. The molecule has 31 heavy (non-hydrogen) atoms. The molecule has 0 saturated carbocycles. The highest BCUT2D eigenvalue weighted by Crippen LogP contribution is 2.34. The summed E-state index contributed by atoms with van der Waals surface area (Å²) in [7, 11) is 3.44.